The molecule has 4 nitrogen and oxygen atoms in total. The standard InChI is InChI=1S/C15H25NO3S/c1-4-14(16)15(17)10-11(3)12-6-8-13(9-7-12)20(18,19)5-2/h6-9,11,14-15,17H,4-5,10,16H2,1-3H3. The fourth-order valence-electron chi connectivity index (χ4n) is 2.12. The van der Waals surface area contributed by atoms with Gasteiger partial charge in [0.15, 0.2) is 9.84 Å². The summed E-state index contributed by atoms with van der Waals surface area (Å²) in [6, 6.07) is 6.69. The van der Waals surface area contributed by atoms with E-state index in [2.05, 4.69) is 0 Å². The molecule has 0 aliphatic carbocycles. The van der Waals surface area contributed by atoms with Crippen LogP contribution in [0.5, 0.6) is 0 Å². The van der Waals surface area contributed by atoms with Crippen LogP contribution in [0.3, 0.4) is 0 Å². The number of sulfone groups is 1. The highest BCUT2D eigenvalue weighted by molar-refractivity contribution is 7.91. The van der Waals surface area contributed by atoms with Gasteiger partial charge in [0.2, 0.25) is 0 Å². The van der Waals surface area contributed by atoms with E-state index in [4.69, 9.17) is 5.73 Å². The third-order valence-corrected chi connectivity index (χ3v) is 5.50. The molecule has 1 aromatic rings. The Balaban J connectivity index is 2.78. The molecule has 114 valence electrons. The van der Waals surface area contributed by atoms with Crippen LogP contribution in [0.1, 0.15) is 45.1 Å². The molecular formula is C15H25NO3S. The highest BCUT2D eigenvalue weighted by atomic mass is 32.2. The lowest BCUT2D eigenvalue weighted by molar-refractivity contribution is 0.126. The van der Waals surface area contributed by atoms with E-state index in [9.17, 15) is 13.5 Å². The second kappa shape index (κ2) is 7.20. The van der Waals surface area contributed by atoms with Gasteiger partial charge in [-0.15, -0.1) is 0 Å². The van der Waals surface area contributed by atoms with Gasteiger partial charge in [0.1, 0.15) is 0 Å². The van der Waals surface area contributed by atoms with Gasteiger partial charge in [0, 0.05) is 6.04 Å². The van der Waals surface area contributed by atoms with E-state index < -0.39 is 15.9 Å². The third kappa shape index (κ3) is 4.30. The first kappa shape index (κ1) is 17.1. The molecule has 0 aromatic heterocycles. The van der Waals surface area contributed by atoms with Gasteiger partial charge in [-0.05, 0) is 36.5 Å². The van der Waals surface area contributed by atoms with E-state index in [0.29, 0.717) is 11.3 Å². The van der Waals surface area contributed by atoms with E-state index in [0.717, 1.165) is 12.0 Å². The van der Waals surface area contributed by atoms with Crippen LogP contribution in [0.2, 0.25) is 0 Å². The number of nitrogens with two attached hydrogens (primary N) is 1. The van der Waals surface area contributed by atoms with Crippen LogP contribution in [0.25, 0.3) is 0 Å². The Labute approximate surface area is 121 Å². The maximum absolute atomic E-state index is 11.7. The fraction of sp³-hybridized carbons (Fsp3) is 0.600. The monoisotopic (exact) mass is 299 g/mol. The van der Waals surface area contributed by atoms with Gasteiger partial charge in [0.05, 0.1) is 16.8 Å². The van der Waals surface area contributed by atoms with Crippen molar-refractivity contribution >= 4 is 9.84 Å². The highest BCUT2D eigenvalue weighted by Gasteiger charge is 2.18. The number of benzene rings is 1. The topological polar surface area (TPSA) is 80.4 Å². The second-order valence-corrected chi connectivity index (χ2v) is 7.53. The normalized spacial score (nSPS) is 16.6. The minimum atomic E-state index is -3.15. The summed E-state index contributed by atoms with van der Waals surface area (Å²) in [7, 11) is -3.15. The van der Waals surface area contributed by atoms with Gasteiger partial charge in [0.25, 0.3) is 0 Å². The van der Waals surface area contributed by atoms with Crippen LogP contribution < -0.4 is 5.73 Å². The van der Waals surface area contributed by atoms with Crippen LogP contribution in [0.4, 0.5) is 0 Å². The maximum Gasteiger partial charge on any atom is 0.178 e. The number of rotatable bonds is 7. The average Bonchev–Trinajstić information content (AvgIpc) is 2.46. The van der Waals surface area contributed by atoms with Crippen LogP contribution in [-0.4, -0.2) is 31.4 Å². The predicted octanol–water partition coefficient (Wildman–Crippen LogP) is 2.07. The molecule has 5 heteroatoms. The molecule has 1 aromatic carbocycles. The second-order valence-electron chi connectivity index (χ2n) is 5.25. The molecule has 0 aliphatic heterocycles. The Kier molecular flexibility index (Phi) is 6.17. The zero-order valence-corrected chi connectivity index (χ0v) is 13.2. The van der Waals surface area contributed by atoms with Crippen molar-refractivity contribution in [3.05, 3.63) is 29.8 Å². The minimum absolute atomic E-state index is 0.103. The van der Waals surface area contributed by atoms with E-state index >= 15 is 0 Å². The van der Waals surface area contributed by atoms with Crippen molar-refractivity contribution in [2.24, 2.45) is 5.73 Å². The van der Waals surface area contributed by atoms with Crippen molar-refractivity contribution < 1.29 is 13.5 Å². The number of hydrogen-bond donors (Lipinski definition) is 2. The first-order valence-corrected chi connectivity index (χ1v) is 8.73. The summed E-state index contributed by atoms with van der Waals surface area (Å²) in [5.41, 5.74) is 6.83. The summed E-state index contributed by atoms with van der Waals surface area (Å²) in [6.07, 6.45) is 0.783. The van der Waals surface area contributed by atoms with Crippen molar-refractivity contribution in [3.63, 3.8) is 0 Å². The molecule has 0 bridgehead atoms. The lowest BCUT2D eigenvalue weighted by atomic mass is 9.92. The molecule has 0 fully saturated rings. The van der Waals surface area contributed by atoms with Crippen molar-refractivity contribution in [3.8, 4) is 0 Å². The number of aliphatic hydroxyl groups excluding tert-OH is 1. The Morgan fingerprint density at radius 3 is 2.20 bits per heavy atom. The van der Waals surface area contributed by atoms with Gasteiger partial charge in [-0.1, -0.05) is 32.9 Å². The van der Waals surface area contributed by atoms with E-state index in [1.54, 1.807) is 19.1 Å². The van der Waals surface area contributed by atoms with Crippen LogP contribution in [-0.2, 0) is 9.84 Å². The SMILES string of the molecule is CCC(N)C(O)CC(C)c1ccc(S(=O)(=O)CC)cc1. The third-order valence-electron chi connectivity index (χ3n) is 3.75. The van der Waals surface area contributed by atoms with Crippen LogP contribution in [0, 0.1) is 0 Å². The van der Waals surface area contributed by atoms with Crippen LogP contribution >= 0.6 is 0 Å². The van der Waals surface area contributed by atoms with Gasteiger partial charge < -0.3 is 10.8 Å². The van der Waals surface area contributed by atoms with E-state index in [-0.39, 0.29) is 17.7 Å². The number of aliphatic hydroxyl groups is 1. The molecule has 20 heavy (non-hydrogen) atoms. The Morgan fingerprint density at radius 1 is 1.20 bits per heavy atom. The first-order valence-electron chi connectivity index (χ1n) is 7.08. The quantitative estimate of drug-likeness (QED) is 0.807. The summed E-state index contributed by atoms with van der Waals surface area (Å²) >= 11 is 0. The Hall–Kier alpha value is -0.910. The van der Waals surface area contributed by atoms with Gasteiger partial charge >= 0.3 is 0 Å². The minimum Gasteiger partial charge on any atom is -0.391 e. The lowest BCUT2D eigenvalue weighted by Crippen LogP contribution is -2.34. The van der Waals surface area contributed by atoms with E-state index in [1.807, 2.05) is 26.0 Å². The largest absolute Gasteiger partial charge is 0.391 e. The Morgan fingerprint density at radius 2 is 1.75 bits per heavy atom. The van der Waals surface area contributed by atoms with Gasteiger partial charge in [-0.2, -0.15) is 0 Å². The molecule has 3 atom stereocenters. The fourth-order valence-corrected chi connectivity index (χ4v) is 3.00. The smallest absolute Gasteiger partial charge is 0.178 e. The zero-order valence-electron chi connectivity index (χ0n) is 12.4. The predicted molar refractivity (Wildman–Crippen MR) is 81.5 cm³/mol. The summed E-state index contributed by atoms with van der Waals surface area (Å²) < 4.78 is 23.5. The lowest BCUT2D eigenvalue weighted by Gasteiger charge is -2.21. The zero-order chi connectivity index (χ0) is 15.3. The van der Waals surface area contributed by atoms with E-state index in [1.165, 1.54) is 0 Å². The summed E-state index contributed by atoms with van der Waals surface area (Å²) in [6.45, 7) is 5.59. The molecule has 3 unspecified atom stereocenters. The van der Waals surface area contributed by atoms with Crippen LogP contribution in [0.15, 0.2) is 29.2 Å². The summed E-state index contributed by atoms with van der Waals surface area (Å²) in [4.78, 5) is 0.349. The Bertz CT molecular complexity index is 510. The maximum atomic E-state index is 11.7. The molecule has 1 rings (SSSR count). The molecule has 0 radical (unpaired) electrons. The van der Waals surface area contributed by atoms with Crippen molar-refractivity contribution in [1.29, 1.82) is 0 Å². The molecular weight excluding hydrogens is 274 g/mol. The summed E-state index contributed by atoms with van der Waals surface area (Å²) in [5, 5.41) is 9.95. The van der Waals surface area contributed by atoms with Crippen molar-refractivity contribution in [2.75, 3.05) is 5.75 Å². The number of hydrogen-bond acceptors (Lipinski definition) is 4. The van der Waals surface area contributed by atoms with Gasteiger partial charge in [-0.3, -0.25) is 0 Å². The molecule has 0 saturated heterocycles. The first-order chi connectivity index (χ1) is 9.31. The average molecular weight is 299 g/mol. The van der Waals surface area contributed by atoms with Crippen molar-refractivity contribution in [2.45, 2.75) is 56.6 Å². The van der Waals surface area contributed by atoms with Gasteiger partial charge in [-0.25, -0.2) is 8.42 Å². The highest BCUT2D eigenvalue weighted by Crippen LogP contribution is 2.23. The molecule has 0 heterocycles. The molecule has 0 aliphatic rings. The molecule has 0 amide bonds. The summed E-state index contributed by atoms with van der Waals surface area (Å²) in [5.74, 6) is 0.243. The molecule has 3 N–H and O–H groups in total. The molecule has 0 saturated carbocycles. The van der Waals surface area contributed by atoms with Crippen molar-refractivity contribution in [1.82, 2.24) is 0 Å². The molecule has 0 spiro atoms.